The van der Waals surface area contributed by atoms with E-state index < -0.39 is 0 Å². The number of nitrogens with zero attached hydrogens (tertiary/aromatic N) is 1. The largest absolute Gasteiger partial charge is 0.492 e. The standard InChI is InChI=1S/C24H30N2O/c25-10-11-27-21-8-6-18-7-9-24(26-15-19-13-20(19)16-26)23(22(18)14-21)12-17-4-2-1-3-5-17/h1-6,8,14,19-20,23-24H,7,9-13,15-16,25H2. The summed E-state index contributed by atoms with van der Waals surface area (Å²) in [5.41, 5.74) is 10.1. The highest BCUT2D eigenvalue weighted by Crippen LogP contribution is 2.49. The maximum absolute atomic E-state index is 5.87. The predicted molar refractivity (Wildman–Crippen MR) is 109 cm³/mol. The number of nitrogens with two attached hydrogens (primary N) is 1. The lowest BCUT2D eigenvalue weighted by molar-refractivity contribution is 0.170. The maximum atomic E-state index is 5.87. The third-order valence-corrected chi connectivity index (χ3v) is 6.85. The summed E-state index contributed by atoms with van der Waals surface area (Å²) in [4.78, 5) is 2.81. The molecule has 2 fully saturated rings. The van der Waals surface area contributed by atoms with Crippen molar-refractivity contribution in [3.8, 4) is 5.75 Å². The highest BCUT2D eigenvalue weighted by molar-refractivity contribution is 5.42. The molecule has 3 aliphatic rings. The molecule has 142 valence electrons. The minimum absolute atomic E-state index is 0.551. The van der Waals surface area contributed by atoms with Crippen LogP contribution in [0.2, 0.25) is 0 Å². The lowest BCUT2D eigenvalue weighted by Gasteiger charge is -2.40. The number of hydrogen-bond acceptors (Lipinski definition) is 3. The van der Waals surface area contributed by atoms with Crippen LogP contribution in [0.15, 0.2) is 48.5 Å². The van der Waals surface area contributed by atoms with Crippen LogP contribution in [-0.2, 0) is 12.8 Å². The smallest absolute Gasteiger partial charge is 0.119 e. The second-order valence-electron chi connectivity index (χ2n) is 8.61. The molecule has 1 saturated carbocycles. The third-order valence-electron chi connectivity index (χ3n) is 6.85. The van der Waals surface area contributed by atoms with Gasteiger partial charge in [-0.2, -0.15) is 0 Å². The highest BCUT2D eigenvalue weighted by atomic mass is 16.5. The topological polar surface area (TPSA) is 38.5 Å². The van der Waals surface area contributed by atoms with Crippen LogP contribution < -0.4 is 10.5 Å². The van der Waals surface area contributed by atoms with Gasteiger partial charge in [0, 0.05) is 31.6 Å². The zero-order chi connectivity index (χ0) is 18.2. The third kappa shape index (κ3) is 3.51. The van der Waals surface area contributed by atoms with E-state index in [0.717, 1.165) is 24.0 Å². The van der Waals surface area contributed by atoms with Crippen molar-refractivity contribution < 1.29 is 4.74 Å². The van der Waals surface area contributed by atoms with Crippen molar-refractivity contribution in [1.29, 1.82) is 0 Å². The summed E-state index contributed by atoms with van der Waals surface area (Å²) < 4.78 is 5.87. The van der Waals surface area contributed by atoms with E-state index in [-0.39, 0.29) is 0 Å². The average molecular weight is 363 g/mol. The summed E-state index contributed by atoms with van der Waals surface area (Å²) in [6, 6.07) is 18.4. The van der Waals surface area contributed by atoms with Gasteiger partial charge in [0.25, 0.3) is 0 Å². The first-order valence-corrected chi connectivity index (χ1v) is 10.6. The molecule has 0 aromatic heterocycles. The van der Waals surface area contributed by atoms with Gasteiger partial charge < -0.3 is 10.5 Å². The van der Waals surface area contributed by atoms with E-state index in [0.29, 0.717) is 25.1 Å². The van der Waals surface area contributed by atoms with Crippen LogP contribution in [0.5, 0.6) is 5.75 Å². The van der Waals surface area contributed by atoms with Crippen LogP contribution in [0.1, 0.15) is 35.4 Å². The van der Waals surface area contributed by atoms with Crippen molar-refractivity contribution in [3.05, 3.63) is 65.2 Å². The van der Waals surface area contributed by atoms with Crippen LogP contribution in [0.25, 0.3) is 0 Å². The Hall–Kier alpha value is -1.84. The van der Waals surface area contributed by atoms with E-state index >= 15 is 0 Å². The Balaban J connectivity index is 1.46. The van der Waals surface area contributed by atoms with Crippen molar-refractivity contribution in [2.75, 3.05) is 26.2 Å². The zero-order valence-corrected chi connectivity index (χ0v) is 16.0. The molecule has 4 atom stereocenters. The first-order chi connectivity index (χ1) is 13.3. The predicted octanol–water partition coefficient (Wildman–Crippen LogP) is 3.62. The molecule has 27 heavy (non-hydrogen) atoms. The first-order valence-electron chi connectivity index (χ1n) is 10.6. The molecule has 1 aliphatic heterocycles. The van der Waals surface area contributed by atoms with Crippen molar-refractivity contribution in [1.82, 2.24) is 4.90 Å². The SMILES string of the molecule is NCCOc1ccc2c(c1)C(Cc1ccccc1)C(N1CC3CC3C1)CC2. The summed E-state index contributed by atoms with van der Waals surface area (Å²) in [5.74, 6) is 3.50. The molecule has 0 bridgehead atoms. The Labute approximate surface area is 162 Å². The molecule has 4 unspecified atom stereocenters. The van der Waals surface area contributed by atoms with Crippen molar-refractivity contribution in [3.63, 3.8) is 0 Å². The highest BCUT2D eigenvalue weighted by Gasteiger charge is 2.48. The number of piperidine rings is 1. The van der Waals surface area contributed by atoms with Gasteiger partial charge in [0.15, 0.2) is 0 Å². The molecule has 3 nitrogen and oxygen atoms in total. The van der Waals surface area contributed by atoms with E-state index in [9.17, 15) is 0 Å². The number of aryl methyl sites for hydroxylation is 1. The quantitative estimate of drug-likeness (QED) is 0.853. The van der Waals surface area contributed by atoms with Crippen LogP contribution in [0, 0.1) is 11.8 Å². The summed E-state index contributed by atoms with van der Waals surface area (Å²) in [5, 5.41) is 0. The van der Waals surface area contributed by atoms with Gasteiger partial charge in [-0.1, -0.05) is 36.4 Å². The number of fused-ring (bicyclic) bond motifs is 2. The van der Waals surface area contributed by atoms with Gasteiger partial charge in [-0.25, -0.2) is 0 Å². The summed E-state index contributed by atoms with van der Waals surface area (Å²) in [7, 11) is 0. The van der Waals surface area contributed by atoms with E-state index in [1.807, 2.05) is 0 Å². The Morgan fingerprint density at radius 2 is 1.85 bits per heavy atom. The maximum Gasteiger partial charge on any atom is 0.119 e. The number of rotatable bonds is 6. The van der Waals surface area contributed by atoms with Crippen LogP contribution in [0.3, 0.4) is 0 Å². The molecule has 5 rings (SSSR count). The van der Waals surface area contributed by atoms with E-state index in [4.69, 9.17) is 10.5 Å². The van der Waals surface area contributed by atoms with Crippen molar-refractivity contribution in [2.24, 2.45) is 17.6 Å². The molecule has 2 aromatic carbocycles. The molecule has 3 heteroatoms. The fourth-order valence-corrected chi connectivity index (χ4v) is 5.38. The molecule has 2 aromatic rings. The Bertz CT molecular complexity index is 780. The van der Waals surface area contributed by atoms with E-state index in [2.05, 4.69) is 53.4 Å². The van der Waals surface area contributed by atoms with Gasteiger partial charge in [0.2, 0.25) is 0 Å². The summed E-state index contributed by atoms with van der Waals surface area (Å²) in [6.07, 6.45) is 5.06. The second kappa shape index (κ2) is 7.29. The number of benzene rings is 2. The van der Waals surface area contributed by atoms with Gasteiger partial charge in [-0.05, 0) is 66.3 Å². The lowest BCUT2D eigenvalue weighted by atomic mass is 9.75. The molecular weight excluding hydrogens is 332 g/mol. The number of likely N-dealkylation sites (tertiary alicyclic amines) is 1. The molecule has 0 amide bonds. The number of ether oxygens (including phenoxy) is 1. The van der Waals surface area contributed by atoms with Gasteiger partial charge in [0.05, 0.1) is 0 Å². The molecule has 1 saturated heterocycles. The van der Waals surface area contributed by atoms with Gasteiger partial charge in [-0.3, -0.25) is 4.90 Å². The fourth-order valence-electron chi connectivity index (χ4n) is 5.38. The van der Waals surface area contributed by atoms with E-state index in [1.165, 1.54) is 49.0 Å². The Kier molecular flexibility index (Phi) is 4.66. The van der Waals surface area contributed by atoms with Crippen LogP contribution >= 0.6 is 0 Å². The second-order valence-corrected chi connectivity index (χ2v) is 8.61. The van der Waals surface area contributed by atoms with Gasteiger partial charge in [-0.15, -0.1) is 0 Å². The van der Waals surface area contributed by atoms with Crippen molar-refractivity contribution >= 4 is 0 Å². The fraction of sp³-hybridized carbons (Fsp3) is 0.500. The molecule has 2 N–H and O–H groups in total. The summed E-state index contributed by atoms with van der Waals surface area (Å²) in [6.45, 7) is 3.78. The van der Waals surface area contributed by atoms with Gasteiger partial charge >= 0.3 is 0 Å². The van der Waals surface area contributed by atoms with E-state index in [1.54, 1.807) is 0 Å². The average Bonchev–Trinajstić information content (AvgIpc) is 3.32. The molecule has 0 spiro atoms. The Morgan fingerprint density at radius 1 is 1.04 bits per heavy atom. The normalized spacial score (nSPS) is 29.2. The minimum Gasteiger partial charge on any atom is -0.492 e. The number of hydrogen-bond donors (Lipinski definition) is 1. The van der Waals surface area contributed by atoms with Crippen LogP contribution in [0.4, 0.5) is 0 Å². The van der Waals surface area contributed by atoms with Crippen LogP contribution in [-0.4, -0.2) is 37.2 Å². The molecular formula is C24H30N2O. The summed E-state index contributed by atoms with van der Waals surface area (Å²) >= 11 is 0. The van der Waals surface area contributed by atoms with Gasteiger partial charge in [0.1, 0.15) is 12.4 Å². The lowest BCUT2D eigenvalue weighted by Crippen LogP contribution is -2.42. The molecule has 1 heterocycles. The molecule has 0 radical (unpaired) electrons. The monoisotopic (exact) mass is 362 g/mol. The molecule has 2 aliphatic carbocycles. The van der Waals surface area contributed by atoms with Crippen molar-refractivity contribution in [2.45, 2.75) is 37.6 Å². The zero-order valence-electron chi connectivity index (χ0n) is 16.0. The Morgan fingerprint density at radius 3 is 2.63 bits per heavy atom. The minimum atomic E-state index is 0.551. The first kappa shape index (κ1) is 17.3.